The molecule has 3 N–H and O–H groups in total. The Morgan fingerprint density at radius 2 is 0.602 bits per heavy atom. The van der Waals surface area contributed by atoms with Crippen LogP contribution in [0, 0.1) is 0 Å². The number of amides is 1. The monoisotopic (exact) mass is 1170 g/mol. The molecule has 0 aliphatic heterocycles. The van der Waals surface area contributed by atoms with E-state index in [9.17, 15) is 19.8 Å². The third kappa shape index (κ3) is 69.3. The quantitative estimate of drug-likeness (QED) is 0.0320. The number of esters is 1. The number of carbonyl (C=O) groups excluding carboxylic acids is 2. The molecule has 0 heterocycles. The smallest absolute Gasteiger partial charge is 0.305 e. The van der Waals surface area contributed by atoms with Gasteiger partial charge in [0.05, 0.1) is 25.4 Å². The molecule has 83 heavy (non-hydrogen) atoms. The molecule has 1 amide bonds. The van der Waals surface area contributed by atoms with Crippen molar-refractivity contribution in [1.29, 1.82) is 0 Å². The first-order chi connectivity index (χ1) is 41.0. The molecule has 0 aromatic rings. The van der Waals surface area contributed by atoms with Gasteiger partial charge >= 0.3 is 5.97 Å². The van der Waals surface area contributed by atoms with Crippen molar-refractivity contribution in [1.82, 2.24) is 5.32 Å². The molecule has 0 fully saturated rings. The van der Waals surface area contributed by atoms with Crippen LogP contribution in [0.1, 0.15) is 431 Å². The molecule has 492 valence electrons. The van der Waals surface area contributed by atoms with E-state index in [4.69, 9.17) is 4.74 Å². The number of hydrogen-bond acceptors (Lipinski definition) is 5. The SMILES string of the molecule is CCCCCCCCCCCCCCCCCCCCC(O)C(CO)NC(=O)CCCCCCCCCCCCCCCCCCC/C=C\C/C=C\CCCCCCCCCCCCCOC(=O)CCCCCCCCCCCCCCC. The van der Waals surface area contributed by atoms with Crippen molar-refractivity contribution < 1.29 is 24.5 Å². The minimum atomic E-state index is -0.663. The summed E-state index contributed by atoms with van der Waals surface area (Å²) < 4.78 is 5.49. The number of carbonyl (C=O) groups is 2. The minimum Gasteiger partial charge on any atom is -0.466 e. The number of aliphatic hydroxyl groups excluding tert-OH is 2. The molecular weight excluding hydrogens is 1020 g/mol. The van der Waals surface area contributed by atoms with Crippen molar-refractivity contribution in [3.8, 4) is 0 Å². The third-order valence-corrected chi connectivity index (χ3v) is 18.0. The molecule has 2 unspecified atom stereocenters. The molecule has 0 saturated carbocycles. The average molecular weight is 1170 g/mol. The van der Waals surface area contributed by atoms with E-state index in [0.717, 1.165) is 44.9 Å². The lowest BCUT2D eigenvalue weighted by molar-refractivity contribution is -0.143. The maximum absolute atomic E-state index is 12.5. The average Bonchev–Trinajstić information content (AvgIpc) is 3.49. The summed E-state index contributed by atoms with van der Waals surface area (Å²) >= 11 is 0. The van der Waals surface area contributed by atoms with Crippen LogP contribution in [-0.2, 0) is 14.3 Å². The molecule has 0 radical (unpaired) electrons. The molecule has 0 aliphatic rings. The van der Waals surface area contributed by atoms with Crippen molar-refractivity contribution in [2.24, 2.45) is 0 Å². The maximum Gasteiger partial charge on any atom is 0.305 e. The number of allylic oxidation sites excluding steroid dienone is 4. The van der Waals surface area contributed by atoms with E-state index in [1.165, 1.54) is 353 Å². The first kappa shape index (κ1) is 81.3. The number of ether oxygens (including phenoxy) is 1. The largest absolute Gasteiger partial charge is 0.466 e. The van der Waals surface area contributed by atoms with E-state index in [1.54, 1.807) is 0 Å². The highest BCUT2D eigenvalue weighted by Gasteiger charge is 2.20. The van der Waals surface area contributed by atoms with Crippen LogP contribution >= 0.6 is 0 Å². The Morgan fingerprint density at radius 3 is 0.916 bits per heavy atom. The van der Waals surface area contributed by atoms with Crippen molar-refractivity contribution >= 4 is 11.9 Å². The molecular formula is C77H149NO5. The van der Waals surface area contributed by atoms with Crippen LogP contribution in [0.2, 0.25) is 0 Å². The van der Waals surface area contributed by atoms with Crippen LogP contribution in [0.5, 0.6) is 0 Å². The van der Waals surface area contributed by atoms with E-state index in [2.05, 4.69) is 43.5 Å². The van der Waals surface area contributed by atoms with Gasteiger partial charge in [-0.25, -0.2) is 0 Å². The van der Waals surface area contributed by atoms with Gasteiger partial charge in [0.15, 0.2) is 0 Å². The van der Waals surface area contributed by atoms with Gasteiger partial charge in [-0.05, 0) is 57.8 Å². The first-order valence-corrected chi connectivity index (χ1v) is 38.1. The van der Waals surface area contributed by atoms with Gasteiger partial charge in [0.25, 0.3) is 0 Å². The van der Waals surface area contributed by atoms with Gasteiger partial charge < -0.3 is 20.3 Å². The molecule has 0 aromatic carbocycles. The Morgan fingerprint density at radius 1 is 0.337 bits per heavy atom. The summed E-state index contributed by atoms with van der Waals surface area (Å²) in [6, 6.07) is -0.540. The molecule has 0 rings (SSSR count). The number of nitrogens with one attached hydrogen (secondary N) is 1. The molecule has 0 spiro atoms. The highest BCUT2D eigenvalue weighted by Crippen LogP contribution is 2.20. The molecule has 0 bridgehead atoms. The van der Waals surface area contributed by atoms with Gasteiger partial charge in [-0.1, -0.05) is 385 Å². The van der Waals surface area contributed by atoms with Crippen molar-refractivity contribution in [2.75, 3.05) is 13.2 Å². The molecule has 2 atom stereocenters. The zero-order chi connectivity index (χ0) is 59.9. The summed E-state index contributed by atoms with van der Waals surface area (Å²) in [5, 5.41) is 23.4. The standard InChI is InChI=1S/C77H149NO5/c1-3-5-7-9-11-13-15-17-18-19-39-42-46-49-53-57-61-65-69-75(80)74(73-79)78-76(81)70-66-62-58-54-50-47-43-40-37-35-33-31-29-27-25-23-21-20-22-24-26-28-30-32-34-36-38-41-44-48-52-56-60-64-68-72-83-77(82)71-67-63-59-55-51-45-16-14-12-10-8-6-4-2/h22,24,28,30,74-75,79-80H,3-21,23,25-27,29,31-73H2,1-2H3,(H,78,81)/b24-22-,30-28-. The molecule has 0 aromatic heterocycles. The molecule has 0 saturated heterocycles. The van der Waals surface area contributed by atoms with Gasteiger partial charge in [0, 0.05) is 12.8 Å². The summed E-state index contributed by atoms with van der Waals surface area (Å²) in [5.41, 5.74) is 0. The Kier molecular flexibility index (Phi) is 71.4. The predicted molar refractivity (Wildman–Crippen MR) is 366 cm³/mol. The highest BCUT2D eigenvalue weighted by atomic mass is 16.5. The van der Waals surface area contributed by atoms with Crippen molar-refractivity contribution in [2.45, 2.75) is 443 Å². The van der Waals surface area contributed by atoms with Crippen LogP contribution in [0.4, 0.5) is 0 Å². The third-order valence-electron chi connectivity index (χ3n) is 18.0. The summed E-state index contributed by atoms with van der Waals surface area (Å²) in [7, 11) is 0. The van der Waals surface area contributed by atoms with E-state index in [0.29, 0.717) is 25.9 Å². The van der Waals surface area contributed by atoms with E-state index in [1.807, 2.05) is 0 Å². The fraction of sp³-hybridized carbons (Fsp3) is 0.922. The summed E-state index contributed by atoms with van der Waals surface area (Å²) in [6.07, 6.45) is 92.6. The van der Waals surface area contributed by atoms with Crippen LogP contribution in [0.3, 0.4) is 0 Å². The Hall–Kier alpha value is -1.66. The Bertz CT molecular complexity index is 1300. The summed E-state index contributed by atoms with van der Waals surface area (Å²) in [4.78, 5) is 24.6. The van der Waals surface area contributed by atoms with Gasteiger partial charge in [0.2, 0.25) is 5.91 Å². The van der Waals surface area contributed by atoms with Crippen molar-refractivity contribution in [3.63, 3.8) is 0 Å². The van der Waals surface area contributed by atoms with E-state index in [-0.39, 0.29) is 18.5 Å². The van der Waals surface area contributed by atoms with Crippen LogP contribution in [-0.4, -0.2) is 47.4 Å². The van der Waals surface area contributed by atoms with Gasteiger partial charge in [0.1, 0.15) is 0 Å². The number of unbranched alkanes of at least 4 members (excludes halogenated alkanes) is 57. The van der Waals surface area contributed by atoms with Crippen LogP contribution in [0.15, 0.2) is 24.3 Å². The molecule has 0 aliphatic carbocycles. The fourth-order valence-corrected chi connectivity index (χ4v) is 12.2. The second kappa shape index (κ2) is 72.8. The van der Waals surface area contributed by atoms with E-state index >= 15 is 0 Å². The number of rotatable bonds is 72. The predicted octanol–water partition coefficient (Wildman–Crippen LogP) is 24.9. The summed E-state index contributed by atoms with van der Waals surface area (Å²) in [6.45, 7) is 5.00. The summed E-state index contributed by atoms with van der Waals surface area (Å²) in [5.74, 6) is -0.00915. The topological polar surface area (TPSA) is 95.9 Å². The first-order valence-electron chi connectivity index (χ1n) is 38.1. The highest BCUT2D eigenvalue weighted by molar-refractivity contribution is 5.76. The Labute approximate surface area is 520 Å². The maximum atomic E-state index is 12.5. The van der Waals surface area contributed by atoms with Crippen LogP contribution in [0.25, 0.3) is 0 Å². The second-order valence-electron chi connectivity index (χ2n) is 26.3. The number of hydrogen-bond donors (Lipinski definition) is 3. The van der Waals surface area contributed by atoms with Gasteiger partial charge in [-0.3, -0.25) is 9.59 Å². The van der Waals surface area contributed by atoms with Gasteiger partial charge in [-0.15, -0.1) is 0 Å². The lowest BCUT2D eigenvalue weighted by Crippen LogP contribution is -2.45. The van der Waals surface area contributed by atoms with E-state index < -0.39 is 12.1 Å². The van der Waals surface area contributed by atoms with Crippen molar-refractivity contribution in [3.05, 3.63) is 24.3 Å². The Balaban J connectivity index is 3.36. The van der Waals surface area contributed by atoms with Crippen LogP contribution < -0.4 is 5.32 Å². The minimum absolute atomic E-state index is 0.0191. The molecule has 6 nitrogen and oxygen atoms in total. The lowest BCUT2D eigenvalue weighted by Gasteiger charge is -2.22. The molecule has 6 heteroatoms. The van der Waals surface area contributed by atoms with Gasteiger partial charge in [-0.2, -0.15) is 0 Å². The zero-order valence-electron chi connectivity index (χ0n) is 56.5. The fourth-order valence-electron chi connectivity index (χ4n) is 12.2. The zero-order valence-corrected chi connectivity index (χ0v) is 56.5. The lowest BCUT2D eigenvalue weighted by atomic mass is 10.0. The second-order valence-corrected chi connectivity index (χ2v) is 26.3. The normalized spacial score (nSPS) is 12.6. The number of aliphatic hydroxyl groups is 2.